The predicted molar refractivity (Wildman–Crippen MR) is 67.6 cm³/mol. The van der Waals surface area contributed by atoms with E-state index < -0.39 is 23.5 Å². The van der Waals surface area contributed by atoms with Gasteiger partial charge in [0, 0.05) is 5.56 Å². The van der Waals surface area contributed by atoms with E-state index in [1.165, 1.54) is 6.92 Å². The number of nitrogens with zero attached hydrogens (tertiary/aromatic N) is 1. The second-order valence-corrected chi connectivity index (χ2v) is 4.41. The van der Waals surface area contributed by atoms with E-state index in [2.05, 4.69) is 5.16 Å². The summed E-state index contributed by atoms with van der Waals surface area (Å²) in [5, 5.41) is 3.54. The maximum Gasteiger partial charge on any atom is 0.416 e. The van der Waals surface area contributed by atoms with Crippen LogP contribution < -0.4 is 0 Å². The van der Waals surface area contributed by atoms with Crippen LogP contribution in [0.1, 0.15) is 28.6 Å². The Bertz CT molecular complexity index is 707. The van der Waals surface area contributed by atoms with Gasteiger partial charge in [-0.25, -0.2) is 9.18 Å². The Morgan fingerprint density at radius 2 is 2.00 bits per heavy atom. The third-order valence-corrected chi connectivity index (χ3v) is 2.84. The molecule has 0 saturated heterocycles. The lowest BCUT2D eigenvalue weighted by Gasteiger charge is -2.09. The number of hydrogen-bond acceptors (Lipinski definition) is 4. The van der Waals surface area contributed by atoms with Gasteiger partial charge in [-0.3, -0.25) is 0 Å². The Hall–Kier alpha value is -2.38. The van der Waals surface area contributed by atoms with E-state index in [0.717, 1.165) is 6.07 Å². The van der Waals surface area contributed by atoms with Crippen LogP contribution in [-0.2, 0) is 10.9 Å². The van der Waals surface area contributed by atoms with E-state index in [1.807, 2.05) is 0 Å². The van der Waals surface area contributed by atoms with Gasteiger partial charge in [-0.15, -0.1) is 0 Å². The van der Waals surface area contributed by atoms with Crippen LogP contribution in [0.5, 0.6) is 0 Å². The number of aromatic nitrogens is 1. The summed E-state index contributed by atoms with van der Waals surface area (Å²) in [5.41, 5.74) is -1.72. The third-order valence-electron chi connectivity index (χ3n) is 2.84. The van der Waals surface area contributed by atoms with Gasteiger partial charge in [-0.2, -0.15) is 13.2 Å². The number of ether oxygens (including phenoxy) is 1. The molecular formula is C14H11F4NO3. The van der Waals surface area contributed by atoms with Crippen LogP contribution in [0, 0.1) is 12.7 Å². The molecule has 0 aliphatic rings. The first kappa shape index (κ1) is 16.0. The Labute approximate surface area is 122 Å². The molecular weight excluding hydrogens is 306 g/mol. The molecule has 0 radical (unpaired) electrons. The quantitative estimate of drug-likeness (QED) is 0.634. The molecule has 0 aliphatic heterocycles. The molecule has 118 valence electrons. The zero-order valence-corrected chi connectivity index (χ0v) is 11.6. The maximum absolute atomic E-state index is 13.5. The van der Waals surface area contributed by atoms with Crippen molar-refractivity contribution in [3.05, 3.63) is 40.9 Å². The summed E-state index contributed by atoms with van der Waals surface area (Å²) in [6.45, 7) is 3.05. The summed E-state index contributed by atoms with van der Waals surface area (Å²) in [6, 6.07) is 1.90. The molecule has 1 aromatic heterocycles. The highest BCUT2D eigenvalue weighted by atomic mass is 19.4. The lowest BCUT2D eigenvalue weighted by Crippen LogP contribution is -2.08. The number of carbonyl (C=O) groups is 1. The number of halogens is 4. The van der Waals surface area contributed by atoms with Crippen LogP contribution in [-0.4, -0.2) is 17.7 Å². The molecule has 1 heterocycles. The first-order chi connectivity index (χ1) is 10.2. The highest BCUT2D eigenvalue weighted by molar-refractivity contribution is 5.97. The lowest BCUT2D eigenvalue weighted by molar-refractivity contribution is -0.137. The molecule has 0 N–H and O–H groups in total. The van der Waals surface area contributed by atoms with Crippen LogP contribution in [0.2, 0.25) is 0 Å². The highest BCUT2D eigenvalue weighted by Gasteiger charge is 2.32. The highest BCUT2D eigenvalue weighted by Crippen LogP contribution is 2.34. The summed E-state index contributed by atoms with van der Waals surface area (Å²) < 4.78 is 61.3. The number of benzene rings is 1. The first-order valence-corrected chi connectivity index (χ1v) is 6.25. The minimum atomic E-state index is -4.72. The number of rotatable bonds is 3. The normalized spacial score (nSPS) is 11.5. The van der Waals surface area contributed by atoms with Crippen molar-refractivity contribution in [2.45, 2.75) is 20.0 Å². The Morgan fingerprint density at radius 1 is 1.32 bits per heavy atom. The molecule has 2 rings (SSSR count). The number of hydrogen-bond donors (Lipinski definition) is 0. The van der Waals surface area contributed by atoms with Gasteiger partial charge in [-0.05, 0) is 32.0 Å². The molecule has 0 fully saturated rings. The minimum Gasteiger partial charge on any atom is -0.462 e. The largest absolute Gasteiger partial charge is 0.462 e. The van der Waals surface area contributed by atoms with Gasteiger partial charge < -0.3 is 9.26 Å². The predicted octanol–water partition coefficient (Wildman–Crippen LogP) is 3.98. The second-order valence-electron chi connectivity index (χ2n) is 4.41. The molecule has 0 bridgehead atoms. The van der Waals surface area contributed by atoms with E-state index >= 15 is 0 Å². The fourth-order valence-electron chi connectivity index (χ4n) is 1.90. The lowest BCUT2D eigenvalue weighted by atomic mass is 10.0. The summed E-state index contributed by atoms with van der Waals surface area (Å²) in [4.78, 5) is 11.8. The van der Waals surface area contributed by atoms with Gasteiger partial charge in [-0.1, -0.05) is 5.16 Å². The van der Waals surface area contributed by atoms with E-state index in [0.29, 0.717) is 12.1 Å². The molecule has 0 aliphatic carbocycles. The van der Waals surface area contributed by atoms with Gasteiger partial charge >= 0.3 is 12.1 Å². The van der Waals surface area contributed by atoms with E-state index in [1.54, 1.807) is 6.92 Å². The van der Waals surface area contributed by atoms with Crippen molar-refractivity contribution in [3.63, 3.8) is 0 Å². The molecule has 0 saturated carbocycles. The van der Waals surface area contributed by atoms with Crippen molar-refractivity contribution in [1.29, 1.82) is 0 Å². The SMILES string of the molecule is CCOC(=O)c1c(-c2cc(F)cc(C(F)(F)F)c2)noc1C. The van der Waals surface area contributed by atoms with Crippen molar-refractivity contribution < 1.29 is 31.6 Å². The number of esters is 1. The molecule has 0 unspecified atom stereocenters. The summed E-state index contributed by atoms with van der Waals surface area (Å²) in [6.07, 6.45) is -4.72. The number of aryl methyl sites for hydroxylation is 1. The van der Waals surface area contributed by atoms with Crippen molar-refractivity contribution in [2.75, 3.05) is 6.61 Å². The number of alkyl halides is 3. The van der Waals surface area contributed by atoms with Crippen LogP contribution in [0.15, 0.2) is 22.7 Å². The fraction of sp³-hybridized carbons (Fsp3) is 0.286. The zero-order chi connectivity index (χ0) is 16.5. The van der Waals surface area contributed by atoms with Crippen molar-refractivity contribution >= 4 is 5.97 Å². The van der Waals surface area contributed by atoms with Crippen LogP contribution in [0.4, 0.5) is 17.6 Å². The molecule has 22 heavy (non-hydrogen) atoms. The first-order valence-electron chi connectivity index (χ1n) is 6.25. The van der Waals surface area contributed by atoms with Crippen LogP contribution in [0.3, 0.4) is 0 Å². The van der Waals surface area contributed by atoms with Crippen molar-refractivity contribution in [2.24, 2.45) is 0 Å². The van der Waals surface area contributed by atoms with Gasteiger partial charge in [0.15, 0.2) is 0 Å². The average Bonchev–Trinajstić information content (AvgIpc) is 2.79. The van der Waals surface area contributed by atoms with E-state index in [-0.39, 0.29) is 29.2 Å². The van der Waals surface area contributed by atoms with Gasteiger partial charge in [0.05, 0.1) is 12.2 Å². The Kier molecular flexibility index (Phi) is 4.20. The average molecular weight is 317 g/mol. The second kappa shape index (κ2) is 5.78. The third kappa shape index (κ3) is 3.10. The number of carbonyl (C=O) groups excluding carboxylic acids is 1. The van der Waals surface area contributed by atoms with Crippen molar-refractivity contribution in [3.8, 4) is 11.3 Å². The van der Waals surface area contributed by atoms with Gasteiger partial charge in [0.1, 0.15) is 22.8 Å². The standard InChI is InChI=1S/C14H11F4NO3/c1-3-21-13(20)11-7(2)22-19-12(11)8-4-9(14(16,17)18)6-10(15)5-8/h4-6H,3H2,1-2H3. The van der Waals surface area contributed by atoms with E-state index in [9.17, 15) is 22.4 Å². The summed E-state index contributed by atoms with van der Waals surface area (Å²) in [5.74, 6) is -1.82. The Morgan fingerprint density at radius 3 is 2.59 bits per heavy atom. The monoisotopic (exact) mass is 317 g/mol. The summed E-state index contributed by atoms with van der Waals surface area (Å²) >= 11 is 0. The molecule has 1 aromatic carbocycles. The minimum absolute atomic E-state index is 0.0693. The molecule has 0 spiro atoms. The van der Waals surface area contributed by atoms with Crippen LogP contribution >= 0.6 is 0 Å². The maximum atomic E-state index is 13.5. The van der Waals surface area contributed by atoms with Crippen LogP contribution in [0.25, 0.3) is 11.3 Å². The topological polar surface area (TPSA) is 52.3 Å². The zero-order valence-electron chi connectivity index (χ0n) is 11.6. The molecule has 8 heteroatoms. The van der Waals surface area contributed by atoms with Gasteiger partial charge in [0.25, 0.3) is 0 Å². The van der Waals surface area contributed by atoms with Crippen molar-refractivity contribution in [1.82, 2.24) is 5.16 Å². The molecule has 0 atom stereocenters. The molecule has 4 nitrogen and oxygen atoms in total. The fourth-order valence-corrected chi connectivity index (χ4v) is 1.90. The smallest absolute Gasteiger partial charge is 0.416 e. The van der Waals surface area contributed by atoms with E-state index in [4.69, 9.17) is 9.26 Å². The molecule has 2 aromatic rings. The summed E-state index contributed by atoms with van der Waals surface area (Å²) in [7, 11) is 0. The Balaban J connectivity index is 2.58. The van der Waals surface area contributed by atoms with Gasteiger partial charge in [0.2, 0.25) is 0 Å². The molecule has 0 amide bonds.